The zero-order valence-corrected chi connectivity index (χ0v) is 10.9. The lowest BCUT2D eigenvalue weighted by Gasteiger charge is -2.38. The van der Waals surface area contributed by atoms with Gasteiger partial charge in [0.25, 0.3) is 0 Å². The van der Waals surface area contributed by atoms with Gasteiger partial charge in [0.1, 0.15) is 0 Å². The smallest absolute Gasteiger partial charge is 0.0992 e. The SMILES string of the molecule is COC1CN(c2ccc(C#N)cc2N)CCC1C. The number of benzene rings is 1. The molecule has 4 heteroatoms. The van der Waals surface area contributed by atoms with Crippen LogP contribution in [-0.4, -0.2) is 26.3 Å². The Hall–Kier alpha value is -1.73. The summed E-state index contributed by atoms with van der Waals surface area (Å²) in [7, 11) is 1.76. The van der Waals surface area contributed by atoms with Crippen LogP contribution in [0.1, 0.15) is 18.9 Å². The van der Waals surface area contributed by atoms with Gasteiger partial charge < -0.3 is 15.4 Å². The number of nitrogens with two attached hydrogens (primary N) is 1. The van der Waals surface area contributed by atoms with Gasteiger partial charge >= 0.3 is 0 Å². The summed E-state index contributed by atoms with van der Waals surface area (Å²) in [5.74, 6) is 0.575. The Morgan fingerprint density at radius 1 is 1.50 bits per heavy atom. The van der Waals surface area contributed by atoms with Gasteiger partial charge in [-0.1, -0.05) is 6.92 Å². The van der Waals surface area contributed by atoms with Crippen molar-refractivity contribution in [2.75, 3.05) is 30.8 Å². The highest BCUT2D eigenvalue weighted by Crippen LogP contribution is 2.29. The Kier molecular flexibility index (Phi) is 3.73. The van der Waals surface area contributed by atoms with Crippen LogP contribution in [0.2, 0.25) is 0 Å². The molecule has 2 N–H and O–H groups in total. The van der Waals surface area contributed by atoms with Gasteiger partial charge in [-0.15, -0.1) is 0 Å². The number of nitriles is 1. The summed E-state index contributed by atoms with van der Waals surface area (Å²) in [4.78, 5) is 2.24. The molecule has 18 heavy (non-hydrogen) atoms. The highest BCUT2D eigenvalue weighted by atomic mass is 16.5. The van der Waals surface area contributed by atoms with Crippen LogP contribution in [0.3, 0.4) is 0 Å². The zero-order valence-electron chi connectivity index (χ0n) is 10.9. The first kappa shape index (κ1) is 12.7. The lowest BCUT2D eigenvalue weighted by atomic mass is 9.95. The van der Waals surface area contributed by atoms with E-state index in [1.54, 1.807) is 13.2 Å². The molecule has 0 aromatic heterocycles. The van der Waals surface area contributed by atoms with Crippen LogP contribution in [0.15, 0.2) is 18.2 Å². The number of hydrogen-bond donors (Lipinski definition) is 1. The second-order valence-corrected chi connectivity index (χ2v) is 4.87. The molecular weight excluding hydrogens is 226 g/mol. The van der Waals surface area contributed by atoms with Gasteiger partial charge in [-0.3, -0.25) is 0 Å². The molecule has 2 rings (SSSR count). The Labute approximate surface area is 108 Å². The third-order valence-electron chi connectivity index (χ3n) is 3.69. The molecule has 2 atom stereocenters. The van der Waals surface area contributed by atoms with Gasteiger partial charge in [-0.25, -0.2) is 0 Å². The molecule has 1 saturated heterocycles. The summed E-state index contributed by atoms with van der Waals surface area (Å²) < 4.78 is 5.51. The average Bonchev–Trinajstić information content (AvgIpc) is 2.39. The van der Waals surface area contributed by atoms with E-state index in [9.17, 15) is 0 Å². The van der Waals surface area contributed by atoms with Crippen molar-refractivity contribution in [2.45, 2.75) is 19.4 Å². The molecular formula is C14H19N3O. The maximum atomic E-state index is 8.84. The van der Waals surface area contributed by atoms with Crippen LogP contribution in [0.5, 0.6) is 0 Å². The molecule has 1 heterocycles. The molecule has 0 radical (unpaired) electrons. The van der Waals surface area contributed by atoms with E-state index in [0.717, 1.165) is 25.2 Å². The molecule has 0 amide bonds. The van der Waals surface area contributed by atoms with Crippen LogP contribution in [0.25, 0.3) is 0 Å². The zero-order chi connectivity index (χ0) is 13.1. The Morgan fingerprint density at radius 3 is 2.89 bits per heavy atom. The quantitative estimate of drug-likeness (QED) is 0.809. The van der Waals surface area contributed by atoms with Gasteiger partial charge in [0.05, 0.1) is 29.1 Å². The van der Waals surface area contributed by atoms with Crippen LogP contribution < -0.4 is 10.6 Å². The van der Waals surface area contributed by atoms with Crippen LogP contribution in [-0.2, 0) is 4.74 Å². The number of anilines is 2. The van der Waals surface area contributed by atoms with E-state index >= 15 is 0 Å². The van der Waals surface area contributed by atoms with Crippen molar-refractivity contribution in [1.82, 2.24) is 0 Å². The number of piperidine rings is 1. The van der Waals surface area contributed by atoms with E-state index in [1.807, 2.05) is 12.1 Å². The fourth-order valence-corrected chi connectivity index (χ4v) is 2.47. The Bertz CT molecular complexity index is 467. The fraction of sp³-hybridized carbons (Fsp3) is 0.500. The second kappa shape index (κ2) is 5.28. The van der Waals surface area contributed by atoms with E-state index in [0.29, 0.717) is 17.2 Å². The van der Waals surface area contributed by atoms with Crippen molar-refractivity contribution >= 4 is 11.4 Å². The molecule has 1 aliphatic heterocycles. The number of rotatable bonds is 2. The van der Waals surface area contributed by atoms with Gasteiger partial charge in [0, 0.05) is 20.2 Å². The Balaban J connectivity index is 2.20. The minimum atomic E-state index is 0.244. The second-order valence-electron chi connectivity index (χ2n) is 4.87. The van der Waals surface area contributed by atoms with E-state index in [4.69, 9.17) is 15.7 Å². The number of nitrogen functional groups attached to an aromatic ring is 1. The summed E-state index contributed by atoms with van der Waals surface area (Å²) in [6.07, 6.45) is 1.34. The molecule has 4 nitrogen and oxygen atoms in total. The first-order valence-corrected chi connectivity index (χ1v) is 6.23. The topological polar surface area (TPSA) is 62.3 Å². The lowest BCUT2D eigenvalue weighted by molar-refractivity contribution is 0.0499. The number of methoxy groups -OCH3 is 1. The molecule has 0 aliphatic carbocycles. The van der Waals surface area contributed by atoms with Crippen molar-refractivity contribution in [3.8, 4) is 6.07 Å². The molecule has 1 fully saturated rings. The number of hydrogen-bond acceptors (Lipinski definition) is 4. The molecule has 0 spiro atoms. The number of nitrogens with zero attached hydrogens (tertiary/aromatic N) is 2. The third kappa shape index (κ3) is 2.41. The minimum absolute atomic E-state index is 0.244. The van der Waals surface area contributed by atoms with Crippen LogP contribution in [0.4, 0.5) is 11.4 Å². The largest absolute Gasteiger partial charge is 0.397 e. The van der Waals surface area contributed by atoms with Gasteiger partial charge in [-0.05, 0) is 30.5 Å². The van der Waals surface area contributed by atoms with E-state index < -0.39 is 0 Å². The summed E-state index contributed by atoms with van der Waals surface area (Å²) in [5, 5.41) is 8.84. The molecule has 96 valence electrons. The van der Waals surface area contributed by atoms with Crippen molar-refractivity contribution in [2.24, 2.45) is 5.92 Å². The van der Waals surface area contributed by atoms with Crippen molar-refractivity contribution in [3.63, 3.8) is 0 Å². The van der Waals surface area contributed by atoms with Crippen molar-refractivity contribution in [3.05, 3.63) is 23.8 Å². The predicted molar refractivity (Wildman–Crippen MR) is 72.4 cm³/mol. The number of ether oxygens (including phenoxy) is 1. The highest BCUT2D eigenvalue weighted by molar-refractivity contribution is 5.69. The molecule has 0 bridgehead atoms. The monoisotopic (exact) mass is 245 g/mol. The van der Waals surface area contributed by atoms with Crippen LogP contribution in [0, 0.1) is 17.2 Å². The molecule has 2 unspecified atom stereocenters. The summed E-state index contributed by atoms with van der Waals surface area (Å²) in [6.45, 7) is 4.05. The van der Waals surface area contributed by atoms with Gasteiger partial charge in [-0.2, -0.15) is 5.26 Å². The maximum Gasteiger partial charge on any atom is 0.0992 e. The van der Waals surface area contributed by atoms with E-state index in [1.165, 1.54) is 0 Å². The van der Waals surface area contributed by atoms with Gasteiger partial charge in [0.2, 0.25) is 0 Å². The van der Waals surface area contributed by atoms with Crippen molar-refractivity contribution < 1.29 is 4.74 Å². The van der Waals surface area contributed by atoms with E-state index in [-0.39, 0.29) is 6.10 Å². The first-order chi connectivity index (χ1) is 8.65. The standard InChI is InChI=1S/C14H19N3O/c1-10-5-6-17(9-14(10)18-2)13-4-3-11(8-15)7-12(13)16/h3-4,7,10,14H,5-6,9,16H2,1-2H3. The van der Waals surface area contributed by atoms with Gasteiger partial charge in [0.15, 0.2) is 0 Å². The van der Waals surface area contributed by atoms with Crippen LogP contribution >= 0.6 is 0 Å². The fourth-order valence-electron chi connectivity index (χ4n) is 2.47. The Morgan fingerprint density at radius 2 is 2.28 bits per heavy atom. The minimum Gasteiger partial charge on any atom is -0.397 e. The summed E-state index contributed by atoms with van der Waals surface area (Å²) >= 11 is 0. The maximum absolute atomic E-state index is 8.84. The third-order valence-corrected chi connectivity index (χ3v) is 3.69. The first-order valence-electron chi connectivity index (χ1n) is 6.23. The predicted octanol–water partition coefficient (Wildman–Crippen LogP) is 2.00. The highest BCUT2D eigenvalue weighted by Gasteiger charge is 2.26. The van der Waals surface area contributed by atoms with E-state index in [2.05, 4.69) is 17.9 Å². The molecule has 1 aromatic rings. The average molecular weight is 245 g/mol. The molecule has 1 aliphatic rings. The normalized spacial score (nSPS) is 23.7. The van der Waals surface area contributed by atoms with Crippen molar-refractivity contribution in [1.29, 1.82) is 5.26 Å². The lowest BCUT2D eigenvalue weighted by Crippen LogP contribution is -2.44. The summed E-state index contributed by atoms with van der Waals surface area (Å²) in [6, 6.07) is 7.57. The molecule has 1 aromatic carbocycles. The summed E-state index contributed by atoms with van der Waals surface area (Å²) in [5.41, 5.74) is 8.29. The molecule has 0 saturated carbocycles.